The van der Waals surface area contributed by atoms with Crippen molar-refractivity contribution >= 4 is 15.9 Å². The molecule has 96 valence electrons. The third-order valence-electron chi connectivity index (χ3n) is 2.47. The molecule has 18 heavy (non-hydrogen) atoms. The average molecular weight is 310 g/mol. The summed E-state index contributed by atoms with van der Waals surface area (Å²) < 4.78 is 6.81. The molecule has 0 aliphatic rings. The molecule has 0 bridgehead atoms. The van der Waals surface area contributed by atoms with Crippen molar-refractivity contribution in [1.82, 2.24) is 15.5 Å². The average Bonchev–Trinajstić information content (AvgIpc) is 2.85. The van der Waals surface area contributed by atoms with Crippen LogP contribution in [0, 0.1) is 0 Å². The Bertz CT molecular complexity index is 473. The molecule has 1 atom stereocenters. The Morgan fingerprint density at radius 2 is 2.22 bits per heavy atom. The predicted molar refractivity (Wildman–Crippen MR) is 74.5 cm³/mol. The van der Waals surface area contributed by atoms with Gasteiger partial charge in [-0.25, -0.2) is 0 Å². The van der Waals surface area contributed by atoms with Crippen LogP contribution in [0.4, 0.5) is 0 Å². The number of halogens is 1. The Labute approximate surface area is 115 Å². The molecule has 2 aromatic rings. The number of para-hydroxylation sites is 1. The first-order valence-corrected chi connectivity index (χ1v) is 6.65. The molecule has 0 saturated carbocycles. The lowest BCUT2D eigenvalue weighted by Crippen LogP contribution is -2.28. The van der Waals surface area contributed by atoms with Gasteiger partial charge in [-0.3, -0.25) is 5.10 Å². The zero-order valence-corrected chi connectivity index (χ0v) is 11.8. The van der Waals surface area contributed by atoms with Gasteiger partial charge in [-0.05, 0) is 41.1 Å². The fourth-order valence-electron chi connectivity index (χ4n) is 1.59. The molecule has 1 unspecified atom stereocenters. The Hall–Kier alpha value is -1.33. The number of nitrogens with one attached hydrogen (secondary N) is 2. The van der Waals surface area contributed by atoms with E-state index >= 15 is 0 Å². The first-order chi connectivity index (χ1) is 8.75. The minimum atomic E-state index is 0.103. The minimum absolute atomic E-state index is 0.103. The fraction of sp³-hybridized carbons (Fsp3) is 0.308. The Morgan fingerprint density at radius 1 is 1.39 bits per heavy atom. The zero-order chi connectivity index (χ0) is 12.8. The van der Waals surface area contributed by atoms with E-state index in [-0.39, 0.29) is 6.10 Å². The summed E-state index contributed by atoms with van der Waals surface area (Å²) in [4.78, 5) is 0. The third-order valence-corrected chi connectivity index (χ3v) is 3.13. The number of aromatic amines is 1. The Kier molecular flexibility index (Phi) is 4.78. The van der Waals surface area contributed by atoms with Crippen LogP contribution >= 0.6 is 15.9 Å². The van der Waals surface area contributed by atoms with Crippen molar-refractivity contribution < 1.29 is 4.74 Å². The lowest BCUT2D eigenvalue weighted by molar-refractivity contribution is 0.215. The van der Waals surface area contributed by atoms with E-state index in [9.17, 15) is 0 Å². The molecule has 0 aliphatic carbocycles. The number of ether oxygens (including phenoxy) is 1. The summed E-state index contributed by atoms with van der Waals surface area (Å²) in [6, 6.07) is 9.81. The van der Waals surface area contributed by atoms with Gasteiger partial charge < -0.3 is 10.1 Å². The van der Waals surface area contributed by atoms with Gasteiger partial charge in [0.1, 0.15) is 11.9 Å². The first kappa shape index (κ1) is 13.1. The Morgan fingerprint density at radius 3 is 2.94 bits per heavy atom. The summed E-state index contributed by atoms with van der Waals surface area (Å²) in [5, 5.41) is 10.1. The van der Waals surface area contributed by atoms with Gasteiger partial charge in [-0.15, -0.1) is 0 Å². The topological polar surface area (TPSA) is 49.9 Å². The highest BCUT2D eigenvalue weighted by Gasteiger charge is 2.06. The maximum atomic E-state index is 5.83. The van der Waals surface area contributed by atoms with E-state index < -0.39 is 0 Å². The van der Waals surface area contributed by atoms with Crippen LogP contribution in [0.25, 0.3) is 0 Å². The molecule has 1 aromatic carbocycles. The number of benzene rings is 1. The number of hydrogen-bond acceptors (Lipinski definition) is 3. The zero-order valence-electron chi connectivity index (χ0n) is 10.2. The third kappa shape index (κ3) is 3.85. The van der Waals surface area contributed by atoms with Crippen molar-refractivity contribution in [3.8, 4) is 5.75 Å². The standard InChI is InChI=1S/C13H16BrN3O/c1-10(8-15-9-11-6-7-16-17-11)18-13-5-3-2-4-12(13)14/h2-7,10,15H,8-9H2,1H3,(H,16,17). The highest BCUT2D eigenvalue weighted by molar-refractivity contribution is 9.10. The van der Waals surface area contributed by atoms with Crippen LogP contribution in [-0.2, 0) is 6.54 Å². The molecule has 0 saturated heterocycles. The largest absolute Gasteiger partial charge is 0.488 e. The molecule has 1 aromatic heterocycles. The van der Waals surface area contributed by atoms with Gasteiger partial charge >= 0.3 is 0 Å². The van der Waals surface area contributed by atoms with Crippen LogP contribution in [0.15, 0.2) is 41.0 Å². The summed E-state index contributed by atoms with van der Waals surface area (Å²) in [6.45, 7) is 3.59. The number of H-pyrrole nitrogens is 1. The van der Waals surface area contributed by atoms with Crippen molar-refractivity contribution in [3.63, 3.8) is 0 Å². The SMILES string of the molecule is CC(CNCc1ccn[nH]1)Oc1ccccc1Br. The van der Waals surface area contributed by atoms with E-state index in [2.05, 4.69) is 31.4 Å². The first-order valence-electron chi connectivity index (χ1n) is 5.86. The van der Waals surface area contributed by atoms with E-state index in [1.54, 1.807) is 6.20 Å². The Balaban J connectivity index is 1.75. The summed E-state index contributed by atoms with van der Waals surface area (Å²) in [5.41, 5.74) is 1.07. The molecule has 0 aliphatic heterocycles. The maximum absolute atomic E-state index is 5.83. The van der Waals surface area contributed by atoms with Crippen molar-refractivity contribution in [2.75, 3.05) is 6.54 Å². The molecular weight excluding hydrogens is 294 g/mol. The van der Waals surface area contributed by atoms with Crippen LogP contribution in [0.3, 0.4) is 0 Å². The second kappa shape index (κ2) is 6.56. The molecule has 0 fully saturated rings. The predicted octanol–water partition coefficient (Wildman–Crippen LogP) is 2.73. The van der Waals surface area contributed by atoms with Crippen molar-refractivity contribution in [2.45, 2.75) is 19.6 Å². The van der Waals surface area contributed by atoms with Crippen molar-refractivity contribution in [2.24, 2.45) is 0 Å². The van der Waals surface area contributed by atoms with Crippen molar-refractivity contribution in [1.29, 1.82) is 0 Å². The lowest BCUT2D eigenvalue weighted by Gasteiger charge is -2.16. The van der Waals surface area contributed by atoms with Crippen LogP contribution < -0.4 is 10.1 Å². The molecule has 1 heterocycles. The monoisotopic (exact) mass is 309 g/mol. The number of aromatic nitrogens is 2. The molecule has 5 heteroatoms. The molecule has 0 radical (unpaired) electrons. The highest BCUT2D eigenvalue weighted by Crippen LogP contribution is 2.24. The second-order valence-electron chi connectivity index (χ2n) is 4.07. The molecule has 0 amide bonds. The molecule has 2 N–H and O–H groups in total. The van der Waals surface area contributed by atoms with E-state index in [4.69, 9.17) is 4.74 Å². The van der Waals surface area contributed by atoms with Gasteiger partial charge in [0.15, 0.2) is 0 Å². The summed E-state index contributed by atoms with van der Waals surface area (Å²) >= 11 is 3.47. The van der Waals surface area contributed by atoms with Crippen molar-refractivity contribution in [3.05, 3.63) is 46.7 Å². The van der Waals surface area contributed by atoms with E-state index in [0.717, 1.165) is 29.0 Å². The van der Waals surface area contributed by atoms with E-state index in [0.29, 0.717) is 0 Å². The van der Waals surface area contributed by atoms with Crippen LogP contribution in [0.1, 0.15) is 12.6 Å². The van der Waals surface area contributed by atoms with Gasteiger partial charge in [-0.2, -0.15) is 5.10 Å². The lowest BCUT2D eigenvalue weighted by atomic mass is 10.3. The van der Waals surface area contributed by atoms with Gasteiger partial charge in [0, 0.05) is 25.0 Å². The molecule has 4 nitrogen and oxygen atoms in total. The summed E-state index contributed by atoms with van der Waals surface area (Å²) in [6.07, 6.45) is 1.85. The number of hydrogen-bond donors (Lipinski definition) is 2. The number of nitrogens with zero attached hydrogens (tertiary/aromatic N) is 1. The maximum Gasteiger partial charge on any atom is 0.133 e. The van der Waals surface area contributed by atoms with Crippen LogP contribution in [0.2, 0.25) is 0 Å². The van der Waals surface area contributed by atoms with E-state index in [1.165, 1.54) is 0 Å². The van der Waals surface area contributed by atoms with Gasteiger partial charge in [-0.1, -0.05) is 12.1 Å². The normalized spacial score (nSPS) is 12.3. The molecular formula is C13H16BrN3O. The quantitative estimate of drug-likeness (QED) is 0.862. The molecule has 2 rings (SSSR count). The highest BCUT2D eigenvalue weighted by atomic mass is 79.9. The molecule has 0 spiro atoms. The second-order valence-corrected chi connectivity index (χ2v) is 4.93. The van der Waals surface area contributed by atoms with Gasteiger partial charge in [0.05, 0.1) is 4.47 Å². The van der Waals surface area contributed by atoms with Gasteiger partial charge in [0.25, 0.3) is 0 Å². The van der Waals surface area contributed by atoms with Gasteiger partial charge in [0.2, 0.25) is 0 Å². The van der Waals surface area contributed by atoms with Crippen LogP contribution in [-0.4, -0.2) is 22.8 Å². The number of rotatable bonds is 6. The van der Waals surface area contributed by atoms with Crippen LogP contribution in [0.5, 0.6) is 5.75 Å². The fourth-order valence-corrected chi connectivity index (χ4v) is 1.97. The smallest absolute Gasteiger partial charge is 0.133 e. The summed E-state index contributed by atoms with van der Waals surface area (Å²) in [5.74, 6) is 0.869. The summed E-state index contributed by atoms with van der Waals surface area (Å²) in [7, 11) is 0. The van der Waals surface area contributed by atoms with E-state index in [1.807, 2.05) is 37.3 Å². The minimum Gasteiger partial charge on any atom is -0.488 e.